The maximum Gasteiger partial charge on any atom is 0.144 e. The second kappa shape index (κ2) is 16.7. The molecule has 12 rings (SSSR count). The van der Waals surface area contributed by atoms with E-state index in [9.17, 15) is 5.41 Å². The van der Waals surface area contributed by atoms with E-state index < -0.39 is 0 Å². The van der Waals surface area contributed by atoms with Crippen molar-refractivity contribution < 1.29 is 8.83 Å². The quantitative estimate of drug-likeness (QED) is 0.139. The van der Waals surface area contributed by atoms with Crippen LogP contribution < -0.4 is 0 Å². The first-order valence-electron chi connectivity index (χ1n) is 23.4. The standard InChI is InChI=1S/C63H48N2O2/c1-39(61(44-17-7-4-8-18-44)65-40(2)41-15-5-3-6-16-41)35-58(64)54-25-14-24-53-57-38-47(33-34-60(57)67-63(53)54)56-37-46-32-31-45(36-55(46)49-19-9-10-20-50(49)56)42-27-29-43(30-28-42)48-22-13-23-52-51-21-11-12-26-59(51)66-62(48)52/h3-34,36,38-40,56,64H,35,37H2,1-2H3. The first-order valence-corrected chi connectivity index (χ1v) is 23.4. The minimum Gasteiger partial charge on any atom is -0.455 e. The van der Waals surface area contributed by atoms with Crippen molar-refractivity contribution in [3.05, 3.63) is 240 Å². The fourth-order valence-electron chi connectivity index (χ4n) is 10.6. The van der Waals surface area contributed by atoms with E-state index >= 15 is 0 Å². The lowest BCUT2D eigenvalue weighted by Gasteiger charge is -2.29. The van der Waals surface area contributed by atoms with E-state index in [4.69, 9.17) is 13.8 Å². The molecule has 2 aromatic heterocycles. The van der Waals surface area contributed by atoms with E-state index in [0.29, 0.717) is 12.1 Å². The topological polar surface area (TPSA) is 62.5 Å². The van der Waals surface area contributed by atoms with Crippen LogP contribution >= 0.6 is 0 Å². The van der Waals surface area contributed by atoms with Crippen LogP contribution in [0.2, 0.25) is 0 Å². The van der Waals surface area contributed by atoms with Gasteiger partial charge in [0, 0.05) is 55.9 Å². The smallest absolute Gasteiger partial charge is 0.144 e. The van der Waals surface area contributed by atoms with E-state index in [0.717, 1.165) is 78.3 Å². The predicted octanol–water partition coefficient (Wildman–Crippen LogP) is 16.8. The van der Waals surface area contributed by atoms with Crippen LogP contribution in [0.25, 0.3) is 77.3 Å². The second-order valence-corrected chi connectivity index (χ2v) is 18.2. The molecule has 0 fully saturated rings. The molecule has 322 valence electrons. The summed E-state index contributed by atoms with van der Waals surface area (Å²) in [5.74, 6) is 0.189. The largest absolute Gasteiger partial charge is 0.455 e. The number of nitrogens with one attached hydrogen (secondary N) is 1. The number of furan rings is 2. The van der Waals surface area contributed by atoms with Crippen LogP contribution in [0.3, 0.4) is 0 Å². The predicted molar refractivity (Wildman–Crippen MR) is 278 cm³/mol. The van der Waals surface area contributed by atoms with Crippen LogP contribution in [-0.4, -0.2) is 11.4 Å². The van der Waals surface area contributed by atoms with Gasteiger partial charge in [-0.25, -0.2) is 0 Å². The van der Waals surface area contributed by atoms with Crippen molar-refractivity contribution in [2.75, 3.05) is 0 Å². The number of nitrogens with zero attached hydrogens (tertiary/aromatic N) is 1. The van der Waals surface area contributed by atoms with Crippen LogP contribution in [0, 0.1) is 11.3 Å². The van der Waals surface area contributed by atoms with Crippen LogP contribution in [0.5, 0.6) is 0 Å². The Morgan fingerprint density at radius 2 is 1.18 bits per heavy atom. The molecule has 0 spiro atoms. The first kappa shape index (κ1) is 40.4. The van der Waals surface area contributed by atoms with Gasteiger partial charge in [-0.1, -0.05) is 183 Å². The first-order chi connectivity index (χ1) is 32.9. The van der Waals surface area contributed by atoms with Gasteiger partial charge in [-0.15, -0.1) is 0 Å². The van der Waals surface area contributed by atoms with Gasteiger partial charge in [0.25, 0.3) is 0 Å². The highest BCUT2D eigenvalue weighted by Gasteiger charge is 2.28. The molecule has 0 radical (unpaired) electrons. The third kappa shape index (κ3) is 7.26. The Kier molecular flexibility index (Phi) is 10.1. The summed E-state index contributed by atoms with van der Waals surface area (Å²) in [5, 5.41) is 13.9. The van der Waals surface area contributed by atoms with Crippen molar-refractivity contribution in [2.45, 2.75) is 38.6 Å². The van der Waals surface area contributed by atoms with Crippen molar-refractivity contribution in [3.8, 4) is 33.4 Å². The minimum absolute atomic E-state index is 0.00775. The van der Waals surface area contributed by atoms with Crippen molar-refractivity contribution in [1.29, 1.82) is 5.41 Å². The fraction of sp³-hybridized carbons (Fsp3) is 0.111. The highest BCUT2D eigenvalue weighted by molar-refractivity contribution is 6.16. The molecule has 11 aromatic rings. The molecule has 3 atom stereocenters. The highest BCUT2D eigenvalue weighted by atomic mass is 16.3. The zero-order valence-electron chi connectivity index (χ0n) is 37.5. The Morgan fingerprint density at radius 3 is 2.01 bits per heavy atom. The van der Waals surface area contributed by atoms with Crippen LogP contribution in [0.1, 0.15) is 65.6 Å². The van der Waals surface area contributed by atoms with Crippen molar-refractivity contribution >= 4 is 55.3 Å². The van der Waals surface area contributed by atoms with Gasteiger partial charge < -0.3 is 14.2 Å². The Morgan fingerprint density at radius 1 is 0.537 bits per heavy atom. The summed E-state index contributed by atoms with van der Waals surface area (Å²) in [6.45, 7) is 4.33. The van der Waals surface area contributed by atoms with Crippen molar-refractivity contribution in [3.63, 3.8) is 0 Å². The molecule has 1 aliphatic rings. The summed E-state index contributed by atoms with van der Waals surface area (Å²) in [6.07, 6.45) is 1.43. The average Bonchev–Trinajstić information content (AvgIpc) is 3.96. The monoisotopic (exact) mass is 864 g/mol. The Balaban J connectivity index is 0.827. The Labute approximate surface area is 390 Å². The number of hydrogen-bond donors (Lipinski definition) is 1. The van der Waals surface area contributed by atoms with Crippen molar-refractivity contribution in [2.24, 2.45) is 10.9 Å². The van der Waals surface area contributed by atoms with Gasteiger partial charge in [0.05, 0.1) is 6.04 Å². The van der Waals surface area contributed by atoms with E-state index in [2.05, 4.69) is 190 Å². The molecule has 9 aromatic carbocycles. The normalized spacial score (nSPS) is 14.6. The average molecular weight is 865 g/mol. The lowest BCUT2D eigenvalue weighted by atomic mass is 9.75. The van der Waals surface area contributed by atoms with Gasteiger partial charge in [-0.3, -0.25) is 4.99 Å². The number of benzene rings is 9. The van der Waals surface area contributed by atoms with Crippen molar-refractivity contribution in [1.82, 2.24) is 0 Å². The summed E-state index contributed by atoms with van der Waals surface area (Å²) in [6, 6.07) is 73.2. The number of rotatable bonds is 10. The molecule has 1 N–H and O–H groups in total. The van der Waals surface area contributed by atoms with E-state index in [1.54, 1.807) is 0 Å². The van der Waals surface area contributed by atoms with E-state index in [-0.39, 0.29) is 17.9 Å². The molecule has 0 saturated carbocycles. The van der Waals surface area contributed by atoms with Gasteiger partial charge in [0.1, 0.15) is 22.3 Å². The highest BCUT2D eigenvalue weighted by Crippen LogP contribution is 2.46. The summed E-state index contributed by atoms with van der Waals surface area (Å²) in [4.78, 5) is 5.28. The molecule has 0 amide bonds. The molecule has 3 unspecified atom stereocenters. The van der Waals surface area contributed by atoms with Crippen LogP contribution in [-0.2, 0) is 6.42 Å². The van der Waals surface area contributed by atoms with Gasteiger partial charge in [-0.05, 0) is 106 Å². The molecule has 0 saturated heterocycles. The second-order valence-electron chi connectivity index (χ2n) is 18.2. The zero-order chi connectivity index (χ0) is 45.0. The molecular formula is C63H48N2O2. The third-order valence-electron chi connectivity index (χ3n) is 14.0. The Hall–Kier alpha value is -8.08. The summed E-state index contributed by atoms with van der Waals surface area (Å²) >= 11 is 0. The minimum atomic E-state index is -0.0100. The number of hydrogen-bond acceptors (Lipinski definition) is 4. The Bertz CT molecular complexity index is 3690. The maximum atomic E-state index is 9.51. The third-order valence-corrected chi connectivity index (χ3v) is 14.0. The van der Waals surface area contributed by atoms with Gasteiger partial charge in [-0.2, -0.15) is 0 Å². The van der Waals surface area contributed by atoms with Crippen LogP contribution in [0.4, 0.5) is 0 Å². The summed E-state index contributed by atoms with van der Waals surface area (Å²) < 4.78 is 13.0. The molecule has 0 aliphatic heterocycles. The lowest BCUT2D eigenvalue weighted by Crippen LogP contribution is -2.18. The molecule has 67 heavy (non-hydrogen) atoms. The molecule has 2 heterocycles. The van der Waals surface area contributed by atoms with Crippen LogP contribution in [0.15, 0.2) is 220 Å². The fourth-order valence-corrected chi connectivity index (χ4v) is 10.6. The molecule has 4 heteroatoms. The lowest BCUT2D eigenvalue weighted by molar-refractivity contribution is 0.666. The van der Waals surface area contributed by atoms with Gasteiger partial charge >= 0.3 is 0 Å². The SMILES string of the molecule is CC(CC(=N)c1cccc2c1oc1ccc(C3Cc4ccc(-c5ccc(-c6cccc7c6oc6ccccc67)cc5)cc4-c4ccccc43)cc12)C(=NC(C)c1ccccc1)c1ccccc1. The number of aliphatic imine (C=N–C) groups is 1. The zero-order valence-corrected chi connectivity index (χ0v) is 37.5. The number of fused-ring (bicyclic) bond motifs is 9. The molecular weight excluding hydrogens is 817 g/mol. The van der Waals surface area contributed by atoms with Gasteiger partial charge in [0.15, 0.2) is 0 Å². The van der Waals surface area contributed by atoms with Gasteiger partial charge in [0.2, 0.25) is 0 Å². The molecule has 0 bridgehead atoms. The van der Waals surface area contributed by atoms with E-state index in [1.807, 2.05) is 30.3 Å². The summed E-state index contributed by atoms with van der Waals surface area (Å²) in [7, 11) is 0. The summed E-state index contributed by atoms with van der Waals surface area (Å²) in [5.41, 5.74) is 19.2. The molecule has 1 aliphatic carbocycles. The number of para-hydroxylation sites is 3. The van der Waals surface area contributed by atoms with E-state index in [1.165, 1.54) is 44.5 Å². The molecule has 4 nitrogen and oxygen atoms in total. The maximum absolute atomic E-state index is 9.51.